The third-order valence-corrected chi connectivity index (χ3v) is 6.88. The number of rotatable bonds is 9. The van der Waals surface area contributed by atoms with E-state index in [1.54, 1.807) is 26.5 Å². The lowest BCUT2D eigenvalue weighted by Crippen LogP contribution is -2.27. The number of carbonyl (C=O) groups excluding carboxylic acids is 2. The minimum atomic E-state index is -0.171. The van der Waals surface area contributed by atoms with E-state index in [4.69, 9.17) is 13.9 Å². The minimum Gasteiger partial charge on any atom is -0.497 e. The molecule has 7 nitrogen and oxygen atoms in total. The van der Waals surface area contributed by atoms with Crippen molar-refractivity contribution in [2.24, 2.45) is 0 Å². The third-order valence-electron chi connectivity index (χ3n) is 5.68. The van der Waals surface area contributed by atoms with E-state index < -0.39 is 0 Å². The summed E-state index contributed by atoms with van der Waals surface area (Å²) < 4.78 is 15.9. The van der Waals surface area contributed by atoms with Gasteiger partial charge in [0.25, 0.3) is 5.91 Å². The Morgan fingerprint density at radius 2 is 2.03 bits per heavy atom. The molecule has 0 unspecified atom stereocenters. The number of benzene rings is 1. The van der Waals surface area contributed by atoms with Crippen LogP contribution in [0.2, 0.25) is 0 Å². The van der Waals surface area contributed by atoms with Crippen molar-refractivity contribution in [2.45, 2.75) is 38.5 Å². The second-order valence-corrected chi connectivity index (χ2v) is 8.97. The molecule has 0 atom stereocenters. The van der Waals surface area contributed by atoms with E-state index >= 15 is 0 Å². The highest BCUT2D eigenvalue weighted by Crippen LogP contribution is 2.38. The molecule has 2 aromatic heterocycles. The minimum absolute atomic E-state index is 0.128. The number of ether oxygens (including phenoxy) is 2. The van der Waals surface area contributed by atoms with Crippen LogP contribution in [-0.2, 0) is 28.8 Å². The van der Waals surface area contributed by atoms with E-state index in [1.807, 2.05) is 12.1 Å². The van der Waals surface area contributed by atoms with Crippen LogP contribution in [0.4, 0.5) is 5.00 Å². The summed E-state index contributed by atoms with van der Waals surface area (Å²) in [5.74, 6) is 0.403. The van der Waals surface area contributed by atoms with Crippen molar-refractivity contribution in [3.05, 3.63) is 46.0 Å². The normalized spacial score (nSPS) is 13.1. The number of nitrogens with one attached hydrogen (secondary N) is 2. The first-order valence-electron chi connectivity index (χ1n) is 10.9. The number of amides is 2. The van der Waals surface area contributed by atoms with Crippen molar-refractivity contribution < 1.29 is 23.5 Å². The van der Waals surface area contributed by atoms with Crippen molar-refractivity contribution in [2.75, 3.05) is 32.7 Å². The second kappa shape index (κ2) is 10.2. The number of aryl methyl sites for hydroxylation is 1. The highest BCUT2D eigenvalue weighted by atomic mass is 32.1. The van der Waals surface area contributed by atoms with Crippen LogP contribution >= 0.6 is 11.3 Å². The van der Waals surface area contributed by atoms with Crippen LogP contribution < -0.4 is 15.4 Å². The van der Waals surface area contributed by atoms with Gasteiger partial charge in [0.05, 0.1) is 25.4 Å². The number of methoxy groups -OCH3 is 2. The van der Waals surface area contributed by atoms with Crippen molar-refractivity contribution in [1.82, 2.24) is 5.32 Å². The summed E-state index contributed by atoms with van der Waals surface area (Å²) in [5, 5.41) is 7.49. The molecule has 3 aromatic rings. The van der Waals surface area contributed by atoms with Crippen LogP contribution in [0.15, 0.2) is 28.9 Å². The summed E-state index contributed by atoms with van der Waals surface area (Å²) in [7, 11) is 3.24. The van der Waals surface area contributed by atoms with Gasteiger partial charge in [0.1, 0.15) is 16.3 Å². The van der Waals surface area contributed by atoms with Gasteiger partial charge in [-0.05, 0) is 49.8 Å². The van der Waals surface area contributed by atoms with Crippen molar-refractivity contribution in [1.29, 1.82) is 0 Å². The molecule has 1 aromatic carbocycles. The number of hydrogen-bond donors (Lipinski definition) is 2. The Morgan fingerprint density at radius 1 is 1.19 bits per heavy atom. The molecule has 0 saturated heterocycles. The number of thiophene rings is 1. The standard InChI is InChI=1S/C24H28N2O5S/c1-29-11-5-10-25-23(28)22-18-6-3-4-7-20(18)32-24(22)26-21(27)12-15-14-31-19-13-16(30-2)8-9-17(15)19/h8-9,13-14H,3-7,10-12H2,1-2H3,(H,25,28)(H,26,27). The predicted molar refractivity (Wildman–Crippen MR) is 125 cm³/mol. The predicted octanol–water partition coefficient (Wildman–Crippen LogP) is 4.33. The number of carbonyl (C=O) groups is 2. The molecule has 0 radical (unpaired) electrons. The number of hydrogen-bond acceptors (Lipinski definition) is 6. The van der Waals surface area contributed by atoms with Crippen LogP contribution in [0, 0.1) is 0 Å². The van der Waals surface area contributed by atoms with Gasteiger partial charge in [0.2, 0.25) is 5.91 Å². The molecule has 8 heteroatoms. The molecule has 0 bridgehead atoms. The van der Waals surface area contributed by atoms with Crippen LogP contribution in [0.3, 0.4) is 0 Å². The zero-order chi connectivity index (χ0) is 22.5. The SMILES string of the molecule is COCCCNC(=O)c1c(NC(=O)Cc2coc3cc(OC)ccc23)sc2c1CCCC2. The molecule has 0 saturated carbocycles. The van der Waals surface area contributed by atoms with Gasteiger partial charge in [0, 0.05) is 42.2 Å². The Hall–Kier alpha value is -2.84. The van der Waals surface area contributed by atoms with E-state index in [1.165, 1.54) is 16.2 Å². The highest BCUT2D eigenvalue weighted by Gasteiger charge is 2.26. The van der Waals surface area contributed by atoms with E-state index in [0.29, 0.717) is 35.0 Å². The van der Waals surface area contributed by atoms with E-state index in [0.717, 1.165) is 48.6 Å². The van der Waals surface area contributed by atoms with Gasteiger partial charge >= 0.3 is 0 Å². The van der Waals surface area contributed by atoms with Crippen LogP contribution in [-0.4, -0.2) is 39.2 Å². The molecule has 2 N–H and O–H groups in total. The summed E-state index contributed by atoms with van der Waals surface area (Å²) >= 11 is 1.53. The molecule has 170 valence electrons. The summed E-state index contributed by atoms with van der Waals surface area (Å²) in [6, 6.07) is 5.54. The molecule has 0 spiro atoms. The molecular formula is C24H28N2O5S. The van der Waals surface area contributed by atoms with Gasteiger partial charge in [0.15, 0.2) is 0 Å². The Morgan fingerprint density at radius 3 is 2.84 bits per heavy atom. The maximum absolute atomic E-state index is 13.0. The quantitative estimate of drug-likeness (QED) is 0.468. The smallest absolute Gasteiger partial charge is 0.254 e. The van der Waals surface area contributed by atoms with Gasteiger partial charge in [-0.25, -0.2) is 0 Å². The molecule has 4 rings (SSSR count). The average molecular weight is 457 g/mol. The fraction of sp³-hybridized carbons (Fsp3) is 0.417. The fourth-order valence-corrected chi connectivity index (χ4v) is 5.38. The molecule has 2 amide bonds. The number of anilines is 1. The molecule has 1 aliphatic carbocycles. The molecule has 32 heavy (non-hydrogen) atoms. The number of fused-ring (bicyclic) bond motifs is 2. The third kappa shape index (κ3) is 4.81. The van der Waals surface area contributed by atoms with Gasteiger partial charge in [-0.3, -0.25) is 9.59 Å². The molecule has 2 heterocycles. The molecule has 0 fully saturated rings. The van der Waals surface area contributed by atoms with E-state index in [9.17, 15) is 9.59 Å². The lowest BCUT2D eigenvalue weighted by Gasteiger charge is -2.13. The topological polar surface area (TPSA) is 89.8 Å². The first-order chi connectivity index (χ1) is 15.6. The van der Waals surface area contributed by atoms with Crippen LogP contribution in [0.1, 0.15) is 45.6 Å². The van der Waals surface area contributed by atoms with E-state index in [2.05, 4.69) is 10.6 Å². The van der Waals surface area contributed by atoms with E-state index in [-0.39, 0.29) is 18.2 Å². The molecule has 0 aliphatic heterocycles. The maximum atomic E-state index is 13.0. The Balaban J connectivity index is 1.51. The summed E-state index contributed by atoms with van der Waals surface area (Å²) in [6.07, 6.45) is 6.51. The Kier molecular flexibility index (Phi) is 7.12. The first-order valence-corrected chi connectivity index (χ1v) is 11.7. The Bertz CT molecular complexity index is 1120. The Labute approximate surface area is 191 Å². The number of furan rings is 1. The van der Waals surface area contributed by atoms with Crippen LogP contribution in [0.25, 0.3) is 11.0 Å². The van der Waals surface area contributed by atoms with Gasteiger partial charge in [-0.1, -0.05) is 0 Å². The summed E-state index contributed by atoms with van der Waals surface area (Å²) in [6.45, 7) is 1.13. The van der Waals surface area contributed by atoms with Crippen LogP contribution in [0.5, 0.6) is 5.75 Å². The maximum Gasteiger partial charge on any atom is 0.254 e. The second-order valence-electron chi connectivity index (χ2n) is 7.87. The molecular weight excluding hydrogens is 428 g/mol. The monoisotopic (exact) mass is 456 g/mol. The van der Waals surface area contributed by atoms with Gasteiger partial charge in [-0.15, -0.1) is 11.3 Å². The van der Waals surface area contributed by atoms with Gasteiger partial charge in [-0.2, -0.15) is 0 Å². The van der Waals surface area contributed by atoms with Crippen molar-refractivity contribution in [3.63, 3.8) is 0 Å². The average Bonchev–Trinajstić information content (AvgIpc) is 3.36. The first kappa shape index (κ1) is 22.4. The van der Waals surface area contributed by atoms with Crippen molar-refractivity contribution in [3.8, 4) is 5.75 Å². The summed E-state index contributed by atoms with van der Waals surface area (Å²) in [4.78, 5) is 27.1. The zero-order valence-electron chi connectivity index (χ0n) is 18.4. The zero-order valence-corrected chi connectivity index (χ0v) is 19.2. The van der Waals surface area contributed by atoms with Crippen molar-refractivity contribution >= 4 is 39.1 Å². The fourth-order valence-electron chi connectivity index (χ4n) is 4.07. The van der Waals surface area contributed by atoms with Gasteiger partial charge < -0.3 is 24.5 Å². The lowest BCUT2D eigenvalue weighted by molar-refractivity contribution is -0.115. The molecule has 1 aliphatic rings. The highest BCUT2D eigenvalue weighted by molar-refractivity contribution is 7.17. The lowest BCUT2D eigenvalue weighted by atomic mass is 9.95. The summed E-state index contributed by atoms with van der Waals surface area (Å²) in [5.41, 5.74) is 3.18. The largest absolute Gasteiger partial charge is 0.497 e.